The second-order valence-electron chi connectivity index (χ2n) is 3.65. The summed E-state index contributed by atoms with van der Waals surface area (Å²) in [5.41, 5.74) is 5.65. The molecule has 0 heterocycles. The molecule has 1 aromatic rings. The van der Waals surface area contributed by atoms with E-state index < -0.39 is 18.5 Å². The Morgan fingerprint density at radius 1 is 1.26 bits per heavy atom. The van der Waals surface area contributed by atoms with Crippen LogP contribution in [0.25, 0.3) is 0 Å². The summed E-state index contributed by atoms with van der Waals surface area (Å²) >= 11 is 0. The fourth-order valence-corrected chi connectivity index (χ4v) is 1.31. The molecule has 0 spiro atoms. The molecule has 0 aliphatic carbocycles. The summed E-state index contributed by atoms with van der Waals surface area (Å²) < 4.78 is 4.75. The van der Waals surface area contributed by atoms with Crippen LogP contribution in [-0.4, -0.2) is 42.6 Å². The highest BCUT2D eigenvalue weighted by Crippen LogP contribution is 2.04. The molecular formula is C12H14N2O5. The molecule has 7 heteroatoms. The molecule has 4 N–H and O–H groups in total. The van der Waals surface area contributed by atoms with Gasteiger partial charge in [0.1, 0.15) is 6.61 Å². The highest BCUT2D eigenvalue weighted by molar-refractivity contribution is 5.99. The van der Waals surface area contributed by atoms with E-state index in [2.05, 4.69) is 5.32 Å². The van der Waals surface area contributed by atoms with Gasteiger partial charge >= 0.3 is 5.97 Å². The molecule has 0 aliphatic rings. The van der Waals surface area contributed by atoms with Crippen LogP contribution in [0.3, 0.4) is 0 Å². The van der Waals surface area contributed by atoms with Crippen molar-refractivity contribution in [2.45, 2.75) is 0 Å². The average Bonchev–Trinajstić information content (AvgIpc) is 2.37. The molecule has 0 aromatic heterocycles. The van der Waals surface area contributed by atoms with Gasteiger partial charge in [0.2, 0.25) is 5.91 Å². The number of aliphatic carboxylic acids is 1. The summed E-state index contributed by atoms with van der Waals surface area (Å²) in [5.74, 6) is -2.07. The van der Waals surface area contributed by atoms with Gasteiger partial charge in [0, 0.05) is 17.7 Å². The average molecular weight is 266 g/mol. The first kappa shape index (κ1) is 14.7. The third kappa shape index (κ3) is 5.17. The molecule has 1 rings (SSSR count). The molecule has 0 unspecified atom stereocenters. The topological polar surface area (TPSA) is 119 Å². The number of carboxylic acids is 1. The lowest BCUT2D eigenvalue weighted by atomic mass is 10.1. The van der Waals surface area contributed by atoms with Gasteiger partial charge in [-0.15, -0.1) is 0 Å². The number of amides is 2. The Hall–Kier alpha value is -2.41. The van der Waals surface area contributed by atoms with E-state index in [0.717, 1.165) is 0 Å². The number of carbonyl (C=O) groups excluding carboxylic acids is 2. The number of rotatable bonds is 7. The minimum Gasteiger partial charge on any atom is -0.480 e. The predicted octanol–water partition coefficient (Wildman–Crippen LogP) is -0.383. The lowest BCUT2D eigenvalue weighted by Gasteiger charge is -2.06. The number of ether oxygens (including phenoxy) is 1. The largest absolute Gasteiger partial charge is 0.480 e. The number of hydrogen-bond donors (Lipinski definition) is 3. The van der Waals surface area contributed by atoms with Crippen LogP contribution in [0.2, 0.25) is 0 Å². The SMILES string of the molecule is NC(=O)c1cccc(C(=O)NCCOCC(=O)O)c1. The molecule has 2 amide bonds. The van der Waals surface area contributed by atoms with E-state index in [4.69, 9.17) is 15.6 Å². The molecule has 0 fully saturated rings. The molecule has 19 heavy (non-hydrogen) atoms. The number of primary amides is 1. The Morgan fingerprint density at radius 2 is 1.95 bits per heavy atom. The molecule has 0 atom stereocenters. The van der Waals surface area contributed by atoms with Crippen LogP contribution in [0.5, 0.6) is 0 Å². The van der Waals surface area contributed by atoms with E-state index in [0.29, 0.717) is 5.56 Å². The van der Waals surface area contributed by atoms with Crippen LogP contribution in [0.15, 0.2) is 24.3 Å². The lowest BCUT2D eigenvalue weighted by molar-refractivity contribution is -0.142. The normalized spacial score (nSPS) is 9.89. The van der Waals surface area contributed by atoms with Gasteiger partial charge in [0.25, 0.3) is 5.91 Å². The summed E-state index contributed by atoms with van der Waals surface area (Å²) in [7, 11) is 0. The van der Waals surface area contributed by atoms with Gasteiger partial charge in [-0.05, 0) is 18.2 Å². The van der Waals surface area contributed by atoms with Crippen LogP contribution in [0, 0.1) is 0 Å². The van der Waals surface area contributed by atoms with Crippen molar-refractivity contribution in [2.75, 3.05) is 19.8 Å². The first-order valence-electron chi connectivity index (χ1n) is 5.48. The Morgan fingerprint density at radius 3 is 2.58 bits per heavy atom. The fraction of sp³-hybridized carbons (Fsp3) is 0.250. The summed E-state index contributed by atoms with van der Waals surface area (Å²) in [5, 5.41) is 10.9. The second kappa shape index (κ2) is 7.12. The number of hydrogen-bond acceptors (Lipinski definition) is 4. The highest BCUT2D eigenvalue weighted by Gasteiger charge is 2.07. The maximum absolute atomic E-state index is 11.7. The molecule has 0 aliphatic heterocycles. The molecule has 0 saturated heterocycles. The summed E-state index contributed by atoms with van der Waals surface area (Å²) in [6.07, 6.45) is 0. The van der Waals surface area contributed by atoms with Crippen molar-refractivity contribution in [3.63, 3.8) is 0 Å². The molecular weight excluding hydrogens is 252 g/mol. The van der Waals surface area contributed by atoms with Crippen molar-refractivity contribution in [1.29, 1.82) is 0 Å². The first-order chi connectivity index (χ1) is 9.00. The minimum absolute atomic E-state index is 0.0908. The van der Waals surface area contributed by atoms with Gasteiger partial charge in [0.15, 0.2) is 0 Å². The van der Waals surface area contributed by atoms with E-state index in [-0.39, 0.29) is 24.6 Å². The van der Waals surface area contributed by atoms with Crippen molar-refractivity contribution < 1.29 is 24.2 Å². The smallest absolute Gasteiger partial charge is 0.329 e. The standard InChI is InChI=1S/C12H14N2O5/c13-11(17)8-2-1-3-9(6-8)12(18)14-4-5-19-7-10(15)16/h1-3,6H,4-5,7H2,(H2,13,17)(H,14,18)(H,15,16). The molecule has 7 nitrogen and oxygen atoms in total. The number of benzene rings is 1. The quantitative estimate of drug-likeness (QED) is 0.581. The zero-order valence-corrected chi connectivity index (χ0v) is 10.1. The Balaban J connectivity index is 2.43. The third-order valence-electron chi connectivity index (χ3n) is 2.17. The molecule has 0 saturated carbocycles. The van der Waals surface area contributed by atoms with Gasteiger partial charge in [-0.25, -0.2) is 4.79 Å². The maximum atomic E-state index is 11.7. The number of nitrogens with one attached hydrogen (secondary N) is 1. The van der Waals surface area contributed by atoms with Gasteiger partial charge in [0.05, 0.1) is 6.61 Å². The maximum Gasteiger partial charge on any atom is 0.329 e. The van der Waals surface area contributed by atoms with Crippen molar-refractivity contribution in [3.05, 3.63) is 35.4 Å². The second-order valence-corrected chi connectivity index (χ2v) is 3.65. The van der Waals surface area contributed by atoms with E-state index in [1.807, 2.05) is 0 Å². The van der Waals surface area contributed by atoms with E-state index in [9.17, 15) is 14.4 Å². The monoisotopic (exact) mass is 266 g/mol. The van der Waals surface area contributed by atoms with Gasteiger partial charge in [-0.2, -0.15) is 0 Å². The Bertz CT molecular complexity index is 487. The Labute approximate surface area is 109 Å². The third-order valence-corrected chi connectivity index (χ3v) is 2.17. The van der Waals surface area contributed by atoms with E-state index in [1.54, 1.807) is 12.1 Å². The zero-order valence-electron chi connectivity index (χ0n) is 10.1. The number of carboxylic acid groups (broad SMARTS) is 1. The summed E-state index contributed by atoms with van der Waals surface area (Å²) in [4.78, 5) is 32.8. The van der Waals surface area contributed by atoms with Crippen LogP contribution in [-0.2, 0) is 9.53 Å². The van der Waals surface area contributed by atoms with Crippen LogP contribution in [0.4, 0.5) is 0 Å². The summed E-state index contributed by atoms with van der Waals surface area (Å²) in [6.45, 7) is -0.145. The minimum atomic E-state index is -1.07. The van der Waals surface area contributed by atoms with Crippen molar-refractivity contribution in [2.24, 2.45) is 5.73 Å². The number of nitrogens with two attached hydrogens (primary N) is 1. The molecule has 102 valence electrons. The predicted molar refractivity (Wildman–Crippen MR) is 65.7 cm³/mol. The fourth-order valence-electron chi connectivity index (χ4n) is 1.31. The number of carbonyl (C=O) groups is 3. The van der Waals surface area contributed by atoms with Crippen LogP contribution in [0.1, 0.15) is 20.7 Å². The van der Waals surface area contributed by atoms with Crippen LogP contribution >= 0.6 is 0 Å². The van der Waals surface area contributed by atoms with E-state index in [1.165, 1.54) is 12.1 Å². The van der Waals surface area contributed by atoms with Gasteiger partial charge in [-0.1, -0.05) is 6.07 Å². The molecule has 0 bridgehead atoms. The highest BCUT2D eigenvalue weighted by atomic mass is 16.5. The van der Waals surface area contributed by atoms with Crippen molar-refractivity contribution in [3.8, 4) is 0 Å². The van der Waals surface area contributed by atoms with Crippen molar-refractivity contribution in [1.82, 2.24) is 5.32 Å². The lowest BCUT2D eigenvalue weighted by Crippen LogP contribution is -2.28. The van der Waals surface area contributed by atoms with Crippen molar-refractivity contribution >= 4 is 17.8 Å². The zero-order chi connectivity index (χ0) is 14.3. The molecule has 1 aromatic carbocycles. The van der Waals surface area contributed by atoms with Gasteiger partial charge < -0.3 is 20.9 Å². The summed E-state index contributed by atoms with van der Waals surface area (Å²) in [6, 6.07) is 5.99. The molecule has 0 radical (unpaired) electrons. The van der Waals surface area contributed by atoms with E-state index >= 15 is 0 Å². The van der Waals surface area contributed by atoms with Crippen LogP contribution < -0.4 is 11.1 Å². The Kier molecular flexibility index (Phi) is 5.49. The first-order valence-corrected chi connectivity index (χ1v) is 5.48. The van der Waals surface area contributed by atoms with Gasteiger partial charge in [-0.3, -0.25) is 9.59 Å².